The number of hydrogen-bond donors (Lipinski definition) is 0. The van der Waals surface area contributed by atoms with E-state index in [9.17, 15) is 4.79 Å². The van der Waals surface area contributed by atoms with Gasteiger partial charge in [-0.1, -0.05) is 170 Å². The van der Waals surface area contributed by atoms with Gasteiger partial charge in [-0.3, -0.25) is 4.79 Å². The molecular formula is C47H43NO. The van der Waals surface area contributed by atoms with Crippen LogP contribution in [-0.4, -0.2) is 11.4 Å². The number of rotatable bonds is 7. The number of amides is 1. The Morgan fingerprint density at radius 1 is 0.612 bits per heavy atom. The lowest BCUT2D eigenvalue weighted by Crippen LogP contribution is -2.55. The van der Waals surface area contributed by atoms with E-state index in [1.54, 1.807) is 6.08 Å². The highest BCUT2D eigenvalue weighted by atomic mass is 16.2. The Bertz CT molecular complexity index is 1980. The molecule has 0 spiro atoms. The maximum absolute atomic E-state index is 14.3. The highest BCUT2D eigenvalue weighted by Gasteiger charge is 2.49. The van der Waals surface area contributed by atoms with Gasteiger partial charge in [0, 0.05) is 22.7 Å². The van der Waals surface area contributed by atoms with Crippen LogP contribution in [0.2, 0.25) is 0 Å². The summed E-state index contributed by atoms with van der Waals surface area (Å²) in [5.74, 6) is -0.0184. The Balaban J connectivity index is 1.49. The van der Waals surface area contributed by atoms with E-state index < -0.39 is 11.0 Å². The van der Waals surface area contributed by atoms with Crippen molar-refractivity contribution in [3.63, 3.8) is 0 Å². The zero-order valence-electron chi connectivity index (χ0n) is 28.8. The van der Waals surface area contributed by atoms with Gasteiger partial charge in [-0.15, -0.1) is 0 Å². The van der Waals surface area contributed by atoms with Crippen molar-refractivity contribution in [2.75, 3.05) is 4.90 Å². The first-order chi connectivity index (χ1) is 23.7. The zero-order valence-corrected chi connectivity index (χ0v) is 28.8. The summed E-state index contributed by atoms with van der Waals surface area (Å²) in [4.78, 5) is 16.4. The SMILES string of the molecule is Cc1ccc(/C=C/C(=O)N2c3ccc(C(c4ccccc4)(c4ccccc4)c4ccccc4)cc3[C@](C)(c3ccccc3)CC2(C)C)cc1. The molecule has 49 heavy (non-hydrogen) atoms. The molecule has 1 aliphatic heterocycles. The topological polar surface area (TPSA) is 20.3 Å². The van der Waals surface area contributed by atoms with Crippen molar-refractivity contribution in [3.05, 3.63) is 214 Å². The lowest BCUT2D eigenvalue weighted by atomic mass is 9.61. The summed E-state index contributed by atoms with van der Waals surface area (Å²) in [7, 11) is 0. The van der Waals surface area contributed by atoms with E-state index in [2.05, 4.69) is 191 Å². The second-order valence-electron chi connectivity index (χ2n) is 14.2. The largest absolute Gasteiger partial charge is 0.303 e. The van der Waals surface area contributed by atoms with E-state index in [-0.39, 0.29) is 11.3 Å². The van der Waals surface area contributed by atoms with Crippen LogP contribution < -0.4 is 4.90 Å². The molecule has 0 saturated heterocycles. The smallest absolute Gasteiger partial charge is 0.251 e. The first-order valence-corrected chi connectivity index (χ1v) is 17.2. The first-order valence-electron chi connectivity index (χ1n) is 17.2. The third kappa shape index (κ3) is 5.72. The van der Waals surface area contributed by atoms with Gasteiger partial charge in [0.2, 0.25) is 0 Å². The van der Waals surface area contributed by atoms with E-state index in [1.807, 2.05) is 11.0 Å². The molecule has 7 rings (SSSR count). The quantitative estimate of drug-likeness (QED) is 0.126. The van der Waals surface area contributed by atoms with Crippen LogP contribution in [0.1, 0.15) is 71.7 Å². The molecule has 0 fully saturated rings. The molecule has 2 nitrogen and oxygen atoms in total. The number of benzene rings is 6. The lowest BCUT2D eigenvalue weighted by molar-refractivity contribution is -0.115. The van der Waals surface area contributed by atoms with Gasteiger partial charge in [0.05, 0.1) is 5.41 Å². The van der Waals surface area contributed by atoms with Crippen molar-refractivity contribution >= 4 is 17.7 Å². The maximum Gasteiger partial charge on any atom is 0.251 e. The van der Waals surface area contributed by atoms with Crippen LogP contribution in [0.5, 0.6) is 0 Å². The van der Waals surface area contributed by atoms with Crippen molar-refractivity contribution in [2.45, 2.75) is 50.5 Å². The Morgan fingerprint density at radius 3 is 1.61 bits per heavy atom. The summed E-state index contributed by atoms with van der Waals surface area (Å²) in [5.41, 5.74) is 8.90. The second kappa shape index (κ2) is 12.9. The van der Waals surface area contributed by atoms with Gasteiger partial charge >= 0.3 is 0 Å². The van der Waals surface area contributed by atoms with Crippen LogP contribution in [0.25, 0.3) is 6.08 Å². The van der Waals surface area contributed by atoms with Crippen LogP contribution in [0, 0.1) is 6.92 Å². The van der Waals surface area contributed by atoms with E-state index in [0.717, 1.165) is 23.2 Å². The van der Waals surface area contributed by atoms with Gasteiger partial charge in [0.1, 0.15) is 0 Å². The normalized spacial score (nSPS) is 17.1. The number of fused-ring (bicyclic) bond motifs is 1. The summed E-state index contributed by atoms with van der Waals surface area (Å²) in [5, 5.41) is 0. The predicted molar refractivity (Wildman–Crippen MR) is 204 cm³/mol. The Kier molecular flexibility index (Phi) is 8.42. The standard InChI is InChI=1S/C47H43NO/c1-35-25-27-36(28-26-35)29-32-44(49)48-43-31-30-41(33-42(43)46(4,34-45(48,2)3)37-17-9-5-10-18-37)47(38-19-11-6-12-20-38,39-21-13-7-14-22-39)40-23-15-8-16-24-40/h5-33H,34H2,1-4H3/b32-29+/t46-/m0/s1. The van der Waals surface area contributed by atoms with Gasteiger partial charge in [-0.2, -0.15) is 0 Å². The van der Waals surface area contributed by atoms with Crippen molar-refractivity contribution in [2.24, 2.45) is 0 Å². The van der Waals surface area contributed by atoms with Crippen LogP contribution in [0.3, 0.4) is 0 Å². The van der Waals surface area contributed by atoms with Crippen LogP contribution in [0.4, 0.5) is 5.69 Å². The summed E-state index contributed by atoms with van der Waals surface area (Å²) in [6.45, 7) is 8.83. The van der Waals surface area contributed by atoms with Crippen molar-refractivity contribution in [3.8, 4) is 0 Å². The minimum Gasteiger partial charge on any atom is -0.303 e. The molecule has 1 heterocycles. The molecule has 0 aromatic heterocycles. The number of carbonyl (C=O) groups is 1. The second-order valence-corrected chi connectivity index (χ2v) is 14.2. The third-order valence-corrected chi connectivity index (χ3v) is 10.4. The molecule has 1 amide bonds. The van der Waals surface area contributed by atoms with Gasteiger partial charge in [-0.25, -0.2) is 0 Å². The summed E-state index contributed by atoms with van der Waals surface area (Å²) in [6.07, 6.45) is 4.43. The Hall–Kier alpha value is -5.47. The molecule has 1 aliphatic rings. The molecule has 0 saturated carbocycles. The van der Waals surface area contributed by atoms with E-state index >= 15 is 0 Å². The summed E-state index contributed by atoms with van der Waals surface area (Å²) < 4.78 is 0. The number of aryl methyl sites for hydroxylation is 1. The highest BCUT2D eigenvalue weighted by Crippen LogP contribution is 2.53. The molecular weight excluding hydrogens is 595 g/mol. The van der Waals surface area contributed by atoms with E-state index in [1.165, 1.54) is 33.4 Å². The highest BCUT2D eigenvalue weighted by molar-refractivity contribution is 6.06. The molecule has 0 bridgehead atoms. The van der Waals surface area contributed by atoms with Crippen LogP contribution >= 0.6 is 0 Å². The minimum absolute atomic E-state index is 0.0184. The fraction of sp³-hybridized carbons (Fsp3) is 0.170. The number of carbonyl (C=O) groups excluding carboxylic acids is 1. The first kappa shape index (κ1) is 32.1. The molecule has 2 heteroatoms. The van der Waals surface area contributed by atoms with Crippen molar-refractivity contribution in [1.82, 2.24) is 0 Å². The van der Waals surface area contributed by atoms with Gasteiger partial charge in [-0.05, 0) is 78.3 Å². The molecule has 6 aromatic carbocycles. The van der Waals surface area contributed by atoms with E-state index in [0.29, 0.717) is 0 Å². The van der Waals surface area contributed by atoms with Gasteiger partial charge in [0.15, 0.2) is 0 Å². The minimum atomic E-state index is -0.594. The zero-order chi connectivity index (χ0) is 34.1. The Labute approximate surface area is 291 Å². The molecule has 0 unspecified atom stereocenters. The molecule has 1 atom stereocenters. The molecule has 0 radical (unpaired) electrons. The fourth-order valence-corrected chi connectivity index (χ4v) is 8.24. The third-order valence-electron chi connectivity index (χ3n) is 10.4. The fourth-order valence-electron chi connectivity index (χ4n) is 8.24. The van der Waals surface area contributed by atoms with Crippen molar-refractivity contribution in [1.29, 1.82) is 0 Å². The lowest BCUT2D eigenvalue weighted by Gasteiger charge is -2.51. The Morgan fingerprint density at radius 2 is 1.10 bits per heavy atom. The van der Waals surface area contributed by atoms with Gasteiger partial charge < -0.3 is 4.90 Å². The average Bonchev–Trinajstić information content (AvgIpc) is 3.13. The molecule has 6 aromatic rings. The monoisotopic (exact) mass is 637 g/mol. The number of anilines is 1. The van der Waals surface area contributed by atoms with Crippen molar-refractivity contribution < 1.29 is 4.79 Å². The predicted octanol–water partition coefficient (Wildman–Crippen LogP) is 10.9. The maximum atomic E-state index is 14.3. The summed E-state index contributed by atoms with van der Waals surface area (Å²) >= 11 is 0. The van der Waals surface area contributed by atoms with E-state index in [4.69, 9.17) is 0 Å². The summed E-state index contributed by atoms with van der Waals surface area (Å²) in [6, 6.07) is 58.4. The number of hydrogen-bond acceptors (Lipinski definition) is 1. The molecule has 0 N–H and O–H groups in total. The number of nitrogens with zero attached hydrogens (tertiary/aromatic N) is 1. The molecule has 0 aliphatic carbocycles. The molecule has 242 valence electrons. The van der Waals surface area contributed by atoms with Crippen LogP contribution in [-0.2, 0) is 15.6 Å². The van der Waals surface area contributed by atoms with Gasteiger partial charge in [0.25, 0.3) is 5.91 Å². The average molecular weight is 638 g/mol. The van der Waals surface area contributed by atoms with Crippen LogP contribution in [0.15, 0.2) is 170 Å².